The molecule has 4 atom stereocenters. The number of imide groups is 1. The normalized spacial score (nSPS) is 27.0. The molecule has 0 aromatic carbocycles. The molecule has 4 amide bonds. The quantitative estimate of drug-likeness (QED) is 0.756. The minimum absolute atomic E-state index is 0.335. The smallest absolute Gasteiger partial charge is 0.328 e. The summed E-state index contributed by atoms with van der Waals surface area (Å²) >= 11 is 0. The molecule has 2 saturated heterocycles. The van der Waals surface area contributed by atoms with Crippen molar-refractivity contribution in [3.05, 3.63) is 12.4 Å². The van der Waals surface area contributed by atoms with E-state index in [1.165, 1.54) is 24.5 Å². The van der Waals surface area contributed by atoms with Crippen molar-refractivity contribution in [1.82, 2.24) is 24.7 Å². The highest BCUT2D eigenvalue weighted by Gasteiger charge is 2.50. The average Bonchev–Trinajstić information content (AvgIpc) is 3.36. The summed E-state index contributed by atoms with van der Waals surface area (Å²) < 4.78 is 0. The van der Waals surface area contributed by atoms with Crippen LogP contribution in [0.1, 0.15) is 26.7 Å². The van der Waals surface area contributed by atoms with Gasteiger partial charge in [0.05, 0.1) is 18.7 Å². The number of anilines is 2. The molecule has 1 N–H and O–H groups in total. The van der Waals surface area contributed by atoms with Crippen LogP contribution in [-0.4, -0.2) is 93.8 Å². The molecule has 0 saturated carbocycles. The van der Waals surface area contributed by atoms with E-state index in [4.69, 9.17) is 0 Å². The molecule has 11 nitrogen and oxygen atoms in total. The van der Waals surface area contributed by atoms with E-state index in [1.54, 1.807) is 25.1 Å². The Morgan fingerprint density at radius 3 is 2.73 bits per heavy atom. The summed E-state index contributed by atoms with van der Waals surface area (Å²) in [5, 5.41) is 2.79. The highest BCUT2D eigenvalue weighted by atomic mass is 16.2. The number of rotatable bonds is 4. The summed E-state index contributed by atoms with van der Waals surface area (Å²) in [5.74, 6) is 0.371. The second kappa shape index (κ2) is 7.54. The first-order valence-corrected chi connectivity index (χ1v) is 10.0. The number of aromatic nitrogens is 2. The van der Waals surface area contributed by atoms with Crippen LogP contribution in [0.4, 0.5) is 16.4 Å². The van der Waals surface area contributed by atoms with Gasteiger partial charge in [0.2, 0.25) is 5.91 Å². The van der Waals surface area contributed by atoms with Gasteiger partial charge in [-0.1, -0.05) is 0 Å². The first-order chi connectivity index (χ1) is 14.3. The van der Waals surface area contributed by atoms with E-state index in [9.17, 15) is 14.4 Å². The van der Waals surface area contributed by atoms with E-state index in [-0.39, 0.29) is 11.8 Å². The molecule has 30 heavy (non-hydrogen) atoms. The second-order valence-corrected chi connectivity index (χ2v) is 7.97. The van der Waals surface area contributed by atoms with Crippen LogP contribution in [0.3, 0.4) is 0 Å². The number of carbonyl (C=O) groups excluding carboxylic acids is 3. The summed E-state index contributed by atoms with van der Waals surface area (Å²) in [6.45, 7) is 4.75. The molecule has 2 fully saturated rings. The second-order valence-electron chi connectivity index (χ2n) is 7.97. The highest BCUT2D eigenvalue weighted by Crippen LogP contribution is 2.27. The maximum Gasteiger partial charge on any atom is 0.328 e. The van der Waals surface area contributed by atoms with Gasteiger partial charge in [-0.3, -0.25) is 19.5 Å². The molecule has 4 heterocycles. The number of hydrogen-bond acceptors (Lipinski definition) is 8. The van der Waals surface area contributed by atoms with Gasteiger partial charge in [-0.2, -0.15) is 0 Å². The fourth-order valence-corrected chi connectivity index (χ4v) is 4.20. The maximum absolute atomic E-state index is 12.9. The van der Waals surface area contributed by atoms with Crippen molar-refractivity contribution in [2.24, 2.45) is 4.99 Å². The third kappa shape index (κ3) is 3.23. The van der Waals surface area contributed by atoms with E-state index in [1.807, 2.05) is 0 Å². The minimum Gasteiger partial charge on any atom is -0.353 e. The first kappa shape index (κ1) is 20.0. The molecule has 0 spiro atoms. The van der Waals surface area contributed by atoms with E-state index in [0.29, 0.717) is 11.9 Å². The van der Waals surface area contributed by atoms with E-state index in [0.717, 1.165) is 30.1 Å². The number of amides is 4. The summed E-state index contributed by atoms with van der Waals surface area (Å²) in [6.07, 6.45) is 6.23. The van der Waals surface area contributed by atoms with Gasteiger partial charge in [-0.05, 0) is 26.7 Å². The fourth-order valence-electron chi connectivity index (χ4n) is 4.20. The van der Waals surface area contributed by atoms with Crippen LogP contribution < -0.4 is 10.2 Å². The van der Waals surface area contributed by atoms with E-state index in [2.05, 4.69) is 32.1 Å². The number of fused-ring (bicyclic) bond motifs is 1. The van der Waals surface area contributed by atoms with Crippen molar-refractivity contribution in [1.29, 1.82) is 0 Å². The third-order valence-electron chi connectivity index (χ3n) is 6.07. The van der Waals surface area contributed by atoms with Crippen LogP contribution in [0.15, 0.2) is 17.4 Å². The molecule has 4 unspecified atom stereocenters. The summed E-state index contributed by atoms with van der Waals surface area (Å²) in [4.78, 5) is 57.0. The lowest BCUT2D eigenvalue weighted by Gasteiger charge is -2.40. The molecule has 4 rings (SSSR count). The Balaban J connectivity index is 1.48. The van der Waals surface area contributed by atoms with Crippen molar-refractivity contribution >= 4 is 35.8 Å². The lowest BCUT2D eigenvalue weighted by atomic mass is 10.1. The zero-order valence-corrected chi connectivity index (χ0v) is 17.5. The Morgan fingerprint density at radius 1 is 1.27 bits per heavy atom. The molecule has 0 aliphatic carbocycles. The van der Waals surface area contributed by atoms with E-state index >= 15 is 0 Å². The molecule has 160 valence electrons. The molecule has 0 radical (unpaired) electrons. The van der Waals surface area contributed by atoms with Crippen molar-refractivity contribution in [2.75, 3.05) is 30.9 Å². The molecular formula is C19H26N8O3. The molecule has 1 aromatic heterocycles. The average molecular weight is 414 g/mol. The first-order valence-electron chi connectivity index (χ1n) is 10.0. The maximum atomic E-state index is 12.9. The number of likely N-dealkylation sites (N-methyl/N-ethyl adjacent to an activating group) is 2. The van der Waals surface area contributed by atoms with Gasteiger partial charge in [0.15, 0.2) is 18.0 Å². The predicted molar refractivity (Wildman–Crippen MR) is 110 cm³/mol. The lowest BCUT2D eigenvalue weighted by molar-refractivity contribution is -0.137. The Kier molecular flexibility index (Phi) is 5.04. The topological polar surface area (TPSA) is 114 Å². The molecule has 3 aliphatic rings. The Morgan fingerprint density at radius 2 is 2.03 bits per heavy atom. The van der Waals surface area contributed by atoms with Crippen LogP contribution in [0, 0.1) is 0 Å². The monoisotopic (exact) mass is 414 g/mol. The van der Waals surface area contributed by atoms with Gasteiger partial charge in [0.25, 0.3) is 5.91 Å². The summed E-state index contributed by atoms with van der Waals surface area (Å²) in [6, 6.07) is -1.46. The van der Waals surface area contributed by atoms with Crippen LogP contribution in [0.25, 0.3) is 0 Å². The highest BCUT2D eigenvalue weighted by molar-refractivity contribution is 6.03. The van der Waals surface area contributed by atoms with Crippen molar-refractivity contribution in [2.45, 2.75) is 51.0 Å². The van der Waals surface area contributed by atoms with Gasteiger partial charge in [-0.15, -0.1) is 0 Å². The number of aliphatic imine (C=N–C) groups is 1. The zero-order chi connectivity index (χ0) is 21.6. The fraction of sp³-hybridized carbons (Fsp3) is 0.579. The zero-order valence-electron chi connectivity index (χ0n) is 17.5. The molecule has 11 heteroatoms. The largest absolute Gasteiger partial charge is 0.353 e. The Hall–Kier alpha value is -3.24. The Labute approximate surface area is 174 Å². The van der Waals surface area contributed by atoms with Gasteiger partial charge in [0.1, 0.15) is 11.9 Å². The van der Waals surface area contributed by atoms with Crippen molar-refractivity contribution in [3.63, 3.8) is 0 Å². The molecular weight excluding hydrogens is 388 g/mol. The SMILES string of the molecule is CC1CCCN1c1cncc(NC(=O)C(C)N2C=NC3C2C(=O)N(C)C(=O)N3C)n1. The standard InChI is InChI=1S/C19H26N8O3/c1-11-6-5-7-26(11)14-9-20-8-13(22-14)23-17(28)12(2)27-10-21-16-15(27)18(29)25(4)19(30)24(16)3/h8-12,15-16H,5-7H2,1-4H3,(H,22,23,28). The Bertz CT molecular complexity index is 906. The molecule has 0 bridgehead atoms. The van der Waals surface area contributed by atoms with Crippen LogP contribution in [0.2, 0.25) is 0 Å². The number of urea groups is 1. The summed E-state index contributed by atoms with van der Waals surface area (Å²) in [5.41, 5.74) is 0. The number of nitrogens with one attached hydrogen (secondary N) is 1. The number of nitrogens with zero attached hydrogens (tertiary/aromatic N) is 7. The minimum atomic E-state index is -0.735. The van der Waals surface area contributed by atoms with Gasteiger partial charge >= 0.3 is 6.03 Å². The molecule has 3 aliphatic heterocycles. The van der Waals surface area contributed by atoms with Gasteiger partial charge in [-0.25, -0.2) is 14.8 Å². The van der Waals surface area contributed by atoms with Crippen molar-refractivity contribution in [3.8, 4) is 0 Å². The predicted octanol–water partition coefficient (Wildman–Crippen LogP) is 0.355. The van der Waals surface area contributed by atoms with Crippen LogP contribution >= 0.6 is 0 Å². The van der Waals surface area contributed by atoms with Gasteiger partial charge < -0.3 is 20.0 Å². The molecule has 1 aromatic rings. The third-order valence-corrected chi connectivity index (χ3v) is 6.07. The van der Waals surface area contributed by atoms with Crippen molar-refractivity contribution < 1.29 is 14.4 Å². The summed E-state index contributed by atoms with van der Waals surface area (Å²) in [7, 11) is 3.02. The lowest BCUT2D eigenvalue weighted by Crippen LogP contribution is -2.65. The van der Waals surface area contributed by atoms with E-state index < -0.39 is 24.3 Å². The van der Waals surface area contributed by atoms with Crippen LogP contribution in [0.5, 0.6) is 0 Å². The van der Waals surface area contributed by atoms with Crippen LogP contribution in [-0.2, 0) is 9.59 Å². The number of carbonyl (C=O) groups is 3. The van der Waals surface area contributed by atoms with Gasteiger partial charge in [0, 0.05) is 26.7 Å². The number of hydrogen-bond donors (Lipinski definition) is 1.